The third kappa shape index (κ3) is 10.0. The highest BCUT2D eigenvalue weighted by molar-refractivity contribution is 4.66. The Hall–Kier alpha value is -0.0400. The molecule has 0 aromatic heterocycles. The maximum Gasteiger partial charge on any atom is 0.00388 e. The van der Waals surface area contributed by atoms with Crippen molar-refractivity contribution in [1.82, 2.24) is 0 Å². The third-order valence-corrected chi connectivity index (χ3v) is 2.86. The zero-order valence-corrected chi connectivity index (χ0v) is 10.2. The topological polar surface area (TPSA) is 26.0 Å². The summed E-state index contributed by atoms with van der Waals surface area (Å²) in [7, 11) is 0. The van der Waals surface area contributed by atoms with Gasteiger partial charge >= 0.3 is 0 Å². The maximum absolute atomic E-state index is 5.63. The molecule has 1 aliphatic rings. The predicted octanol–water partition coefficient (Wildman–Crippen LogP) is 4.25. The largest absolute Gasteiger partial charge is 0.328 e. The second-order valence-corrected chi connectivity index (χ2v) is 4.46. The molecule has 2 N–H and O–H groups in total. The molecule has 0 saturated heterocycles. The highest BCUT2D eigenvalue weighted by Crippen LogP contribution is 2.14. The molecule has 1 heteroatoms. The SMILES string of the molecule is CCCCCCC.NC1CCCCC1. The van der Waals surface area contributed by atoms with E-state index >= 15 is 0 Å². The highest BCUT2D eigenvalue weighted by atomic mass is 14.6. The second kappa shape index (κ2) is 11.0. The first-order valence-corrected chi connectivity index (χ1v) is 6.56. The first-order valence-electron chi connectivity index (χ1n) is 6.56. The lowest BCUT2D eigenvalue weighted by molar-refractivity contribution is 0.441. The molecule has 1 aliphatic carbocycles. The third-order valence-electron chi connectivity index (χ3n) is 2.86. The van der Waals surface area contributed by atoms with Crippen LogP contribution in [0.25, 0.3) is 0 Å². The Morgan fingerprint density at radius 2 is 1.36 bits per heavy atom. The number of hydrogen-bond acceptors (Lipinski definition) is 1. The molecule has 0 amide bonds. The van der Waals surface area contributed by atoms with Gasteiger partial charge in [-0.15, -0.1) is 0 Å². The van der Waals surface area contributed by atoms with Crippen LogP contribution in [-0.2, 0) is 0 Å². The Morgan fingerprint density at radius 3 is 1.64 bits per heavy atom. The molecule has 1 nitrogen and oxygen atoms in total. The van der Waals surface area contributed by atoms with Crippen LogP contribution in [0.15, 0.2) is 0 Å². The summed E-state index contributed by atoms with van der Waals surface area (Å²) in [5.74, 6) is 0. The summed E-state index contributed by atoms with van der Waals surface area (Å²) in [5, 5.41) is 0. The molecule has 0 atom stereocenters. The molecular weight excluding hydrogens is 170 g/mol. The molecule has 0 aromatic rings. The smallest absolute Gasteiger partial charge is 0.00388 e. The monoisotopic (exact) mass is 199 g/mol. The van der Waals surface area contributed by atoms with Gasteiger partial charge in [0.05, 0.1) is 0 Å². The number of nitrogens with two attached hydrogens (primary N) is 1. The fourth-order valence-electron chi connectivity index (χ4n) is 1.81. The van der Waals surface area contributed by atoms with Crippen LogP contribution in [0.3, 0.4) is 0 Å². The van der Waals surface area contributed by atoms with Gasteiger partial charge in [-0.05, 0) is 12.8 Å². The van der Waals surface area contributed by atoms with Gasteiger partial charge in [-0.3, -0.25) is 0 Å². The summed E-state index contributed by atoms with van der Waals surface area (Å²) < 4.78 is 0. The molecule has 14 heavy (non-hydrogen) atoms. The number of rotatable bonds is 4. The van der Waals surface area contributed by atoms with Crippen LogP contribution in [0.4, 0.5) is 0 Å². The van der Waals surface area contributed by atoms with Crippen molar-refractivity contribution < 1.29 is 0 Å². The summed E-state index contributed by atoms with van der Waals surface area (Å²) in [6.07, 6.45) is 13.7. The van der Waals surface area contributed by atoms with E-state index in [4.69, 9.17) is 5.73 Å². The van der Waals surface area contributed by atoms with E-state index in [1.54, 1.807) is 0 Å². The predicted molar refractivity (Wildman–Crippen MR) is 65.5 cm³/mol. The Kier molecular flexibility index (Phi) is 11.0. The minimum absolute atomic E-state index is 0.536. The summed E-state index contributed by atoms with van der Waals surface area (Å²) in [6, 6.07) is 0.536. The van der Waals surface area contributed by atoms with Gasteiger partial charge in [0.1, 0.15) is 0 Å². The molecule has 1 rings (SSSR count). The Bertz CT molecular complexity index is 91.4. The van der Waals surface area contributed by atoms with Gasteiger partial charge in [0, 0.05) is 6.04 Å². The first kappa shape index (κ1) is 14.0. The Balaban J connectivity index is 0.000000241. The van der Waals surface area contributed by atoms with Gasteiger partial charge in [-0.25, -0.2) is 0 Å². The van der Waals surface area contributed by atoms with Crippen molar-refractivity contribution in [1.29, 1.82) is 0 Å². The lowest BCUT2D eigenvalue weighted by Gasteiger charge is -2.15. The van der Waals surface area contributed by atoms with E-state index in [0.29, 0.717) is 6.04 Å². The van der Waals surface area contributed by atoms with Gasteiger partial charge in [-0.2, -0.15) is 0 Å². The van der Waals surface area contributed by atoms with Crippen molar-refractivity contribution in [2.45, 2.75) is 84.1 Å². The van der Waals surface area contributed by atoms with Crippen LogP contribution >= 0.6 is 0 Å². The van der Waals surface area contributed by atoms with E-state index in [1.807, 2.05) is 0 Å². The maximum atomic E-state index is 5.63. The van der Waals surface area contributed by atoms with Crippen molar-refractivity contribution >= 4 is 0 Å². The minimum atomic E-state index is 0.536. The Morgan fingerprint density at radius 1 is 0.857 bits per heavy atom. The fourth-order valence-corrected chi connectivity index (χ4v) is 1.81. The average molecular weight is 199 g/mol. The van der Waals surface area contributed by atoms with E-state index in [0.717, 1.165) is 0 Å². The lowest BCUT2D eigenvalue weighted by atomic mass is 9.97. The minimum Gasteiger partial charge on any atom is -0.328 e. The van der Waals surface area contributed by atoms with Crippen LogP contribution in [0.2, 0.25) is 0 Å². The van der Waals surface area contributed by atoms with Crippen molar-refractivity contribution in [3.63, 3.8) is 0 Å². The molecule has 0 bridgehead atoms. The normalized spacial score (nSPS) is 17.4. The van der Waals surface area contributed by atoms with Gasteiger partial charge in [0.15, 0.2) is 0 Å². The van der Waals surface area contributed by atoms with Gasteiger partial charge < -0.3 is 5.73 Å². The van der Waals surface area contributed by atoms with Crippen LogP contribution < -0.4 is 5.73 Å². The number of hydrogen-bond donors (Lipinski definition) is 1. The lowest BCUT2D eigenvalue weighted by Crippen LogP contribution is -2.22. The molecule has 0 spiro atoms. The van der Waals surface area contributed by atoms with E-state index in [9.17, 15) is 0 Å². The average Bonchev–Trinajstić information content (AvgIpc) is 2.21. The zero-order chi connectivity index (χ0) is 10.6. The van der Waals surface area contributed by atoms with E-state index in [-0.39, 0.29) is 0 Å². The highest BCUT2D eigenvalue weighted by Gasteiger charge is 2.06. The van der Waals surface area contributed by atoms with Crippen molar-refractivity contribution in [3.8, 4) is 0 Å². The number of unbranched alkanes of at least 4 members (excludes halogenated alkanes) is 4. The Labute approximate surface area is 90.5 Å². The summed E-state index contributed by atoms with van der Waals surface area (Å²) >= 11 is 0. The van der Waals surface area contributed by atoms with E-state index < -0.39 is 0 Å². The molecule has 86 valence electrons. The van der Waals surface area contributed by atoms with Crippen LogP contribution in [0.1, 0.15) is 78.1 Å². The summed E-state index contributed by atoms with van der Waals surface area (Å²) in [6.45, 7) is 4.49. The van der Waals surface area contributed by atoms with Crippen LogP contribution in [0.5, 0.6) is 0 Å². The van der Waals surface area contributed by atoms with Gasteiger partial charge in [0.25, 0.3) is 0 Å². The molecule has 0 heterocycles. The van der Waals surface area contributed by atoms with Crippen molar-refractivity contribution in [3.05, 3.63) is 0 Å². The molecule has 0 unspecified atom stereocenters. The van der Waals surface area contributed by atoms with Crippen molar-refractivity contribution in [2.75, 3.05) is 0 Å². The van der Waals surface area contributed by atoms with Crippen LogP contribution in [0, 0.1) is 0 Å². The van der Waals surface area contributed by atoms with Gasteiger partial charge in [0.2, 0.25) is 0 Å². The standard InChI is InChI=1S/C7H16.C6H13N/c1-3-5-7-6-4-2;7-6-4-2-1-3-5-6/h3-7H2,1-2H3;6H,1-5,7H2. The molecule has 1 saturated carbocycles. The molecule has 0 aliphatic heterocycles. The van der Waals surface area contributed by atoms with Crippen LogP contribution in [-0.4, -0.2) is 6.04 Å². The zero-order valence-electron chi connectivity index (χ0n) is 10.2. The van der Waals surface area contributed by atoms with Gasteiger partial charge in [-0.1, -0.05) is 65.2 Å². The quantitative estimate of drug-likeness (QED) is 0.673. The molecule has 0 aromatic carbocycles. The fraction of sp³-hybridized carbons (Fsp3) is 1.00. The first-order chi connectivity index (χ1) is 6.81. The second-order valence-electron chi connectivity index (χ2n) is 4.46. The molecular formula is C13H29N. The molecule has 1 fully saturated rings. The van der Waals surface area contributed by atoms with Crippen molar-refractivity contribution in [2.24, 2.45) is 5.73 Å². The summed E-state index contributed by atoms with van der Waals surface area (Å²) in [4.78, 5) is 0. The van der Waals surface area contributed by atoms with E-state index in [2.05, 4.69) is 13.8 Å². The molecule has 0 radical (unpaired) electrons. The summed E-state index contributed by atoms with van der Waals surface area (Å²) in [5.41, 5.74) is 5.63. The van der Waals surface area contributed by atoms with E-state index in [1.165, 1.54) is 64.2 Å².